The van der Waals surface area contributed by atoms with Gasteiger partial charge in [0.2, 0.25) is 0 Å². The summed E-state index contributed by atoms with van der Waals surface area (Å²) in [4.78, 5) is 30.2. The normalized spacial score (nSPS) is 17.2. The molecule has 1 unspecified atom stereocenters. The average Bonchev–Trinajstić information content (AvgIpc) is 3.15. The third-order valence-electron chi connectivity index (χ3n) is 6.37. The molecule has 0 aliphatic carbocycles. The molecule has 2 aromatic carbocycles. The average molecular weight is 483 g/mol. The van der Waals surface area contributed by atoms with Crippen LogP contribution in [0.25, 0.3) is 5.76 Å². The van der Waals surface area contributed by atoms with E-state index in [-0.39, 0.29) is 11.3 Å². The Morgan fingerprint density at radius 2 is 1.69 bits per heavy atom. The van der Waals surface area contributed by atoms with E-state index < -0.39 is 17.7 Å². The second-order valence-corrected chi connectivity index (χ2v) is 8.22. The van der Waals surface area contributed by atoms with Gasteiger partial charge in [-0.3, -0.25) is 9.59 Å². The van der Waals surface area contributed by atoms with Crippen molar-refractivity contribution in [2.24, 2.45) is 0 Å². The molecular formula is C27H34N2O6. The number of ether oxygens (including phenoxy) is 3. The fourth-order valence-corrected chi connectivity index (χ4v) is 4.41. The molecule has 1 aliphatic rings. The van der Waals surface area contributed by atoms with Crippen LogP contribution in [0.1, 0.15) is 37.4 Å². The lowest BCUT2D eigenvalue weighted by Crippen LogP contribution is -2.33. The second-order valence-electron chi connectivity index (χ2n) is 8.22. The van der Waals surface area contributed by atoms with Crippen LogP contribution in [0.4, 0.5) is 0 Å². The van der Waals surface area contributed by atoms with Crippen molar-refractivity contribution in [1.82, 2.24) is 9.80 Å². The number of amides is 1. The van der Waals surface area contributed by atoms with Crippen LogP contribution < -0.4 is 14.2 Å². The van der Waals surface area contributed by atoms with Gasteiger partial charge in [0.25, 0.3) is 11.7 Å². The van der Waals surface area contributed by atoms with Gasteiger partial charge in [0, 0.05) is 12.1 Å². The predicted molar refractivity (Wildman–Crippen MR) is 134 cm³/mol. The molecule has 1 amide bonds. The highest BCUT2D eigenvalue weighted by atomic mass is 16.5. The van der Waals surface area contributed by atoms with Crippen LogP contribution in [0.5, 0.6) is 17.2 Å². The van der Waals surface area contributed by atoms with Crippen LogP contribution in [0.3, 0.4) is 0 Å². The molecule has 3 rings (SSSR count). The Bertz CT molecular complexity index is 1090. The minimum Gasteiger partial charge on any atom is -0.507 e. The molecule has 1 fully saturated rings. The molecule has 1 aliphatic heterocycles. The van der Waals surface area contributed by atoms with E-state index in [0.29, 0.717) is 41.3 Å². The third-order valence-corrected chi connectivity index (χ3v) is 6.37. The number of hydrogen-bond acceptors (Lipinski definition) is 7. The first-order valence-corrected chi connectivity index (χ1v) is 11.8. The van der Waals surface area contributed by atoms with E-state index in [2.05, 4.69) is 18.7 Å². The molecule has 8 heteroatoms. The first-order valence-electron chi connectivity index (χ1n) is 11.8. The number of likely N-dealkylation sites (tertiary alicyclic amines) is 1. The Kier molecular flexibility index (Phi) is 8.76. The maximum atomic E-state index is 13.2. The van der Waals surface area contributed by atoms with Gasteiger partial charge in [-0.1, -0.05) is 32.0 Å². The summed E-state index contributed by atoms with van der Waals surface area (Å²) in [6, 6.07) is 11.3. The number of methoxy groups -OCH3 is 3. The van der Waals surface area contributed by atoms with Crippen molar-refractivity contribution in [2.45, 2.75) is 26.3 Å². The Hall–Kier alpha value is -3.52. The van der Waals surface area contributed by atoms with Crippen molar-refractivity contribution < 1.29 is 28.9 Å². The lowest BCUT2D eigenvalue weighted by molar-refractivity contribution is -0.140. The highest BCUT2D eigenvalue weighted by molar-refractivity contribution is 6.46. The summed E-state index contributed by atoms with van der Waals surface area (Å²) < 4.78 is 16.1. The van der Waals surface area contributed by atoms with Crippen molar-refractivity contribution in [3.05, 3.63) is 59.2 Å². The van der Waals surface area contributed by atoms with Crippen LogP contribution in [0.15, 0.2) is 48.0 Å². The maximum Gasteiger partial charge on any atom is 0.295 e. The summed E-state index contributed by atoms with van der Waals surface area (Å²) in [6.45, 7) is 7.16. The van der Waals surface area contributed by atoms with Gasteiger partial charge in [-0.15, -0.1) is 0 Å². The Morgan fingerprint density at radius 3 is 2.31 bits per heavy atom. The molecule has 0 saturated carbocycles. The van der Waals surface area contributed by atoms with Gasteiger partial charge in [0.1, 0.15) is 11.5 Å². The summed E-state index contributed by atoms with van der Waals surface area (Å²) in [5, 5.41) is 11.3. The number of aliphatic hydroxyl groups is 1. The van der Waals surface area contributed by atoms with Crippen molar-refractivity contribution in [3.8, 4) is 17.2 Å². The summed E-state index contributed by atoms with van der Waals surface area (Å²) in [7, 11) is 4.59. The van der Waals surface area contributed by atoms with Crippen molar-refractivity contribution in [2.75, 3.05) is 47.5 Å². The standard InChI is InChI=1S/C27H34N2O6/c1-6-28(7-2)14-9-15-29-24(18-12-13-21(34-4)22(17-18)35-5)23(26(31)27(29)32)25(30)19-10-8-11-20(16-19)33-3/h8,10-13,16-17,24,30H,6-7,9,14-15H2,1-5H3/b25-23-. The van der Waals surface area contributed by atoms with E-state index in [1.807, 2.05) is 0 Å². The Labute approximate surface area is 206 Å². The summed E-state index contributed by atoms with van der Waals surface area (Å²) in [6.07, 6.45) is 0.692. The summed E-state index contributed by atoms with van der Waals surface area (Å²) in [5.74, 6) is -0.0530. The molecule has 35 heavy (non-hydrogen) atoms. The molecule has 8 nitrogen and oxygen atoms in total. The molecule has 1 saturated heterocycles. The number of carbonyl (C=O) groups is 2. The van der Waals surface area contributed by atoms with E-state index in [0.717, 1.165) is 19.6 Å². The van der Waals surface area contributed by atoms with E-state index in [1.165, 1.54) is 14.2 Å². The largest absolute Gasteiger partial charge is 0.507 e. The molecule has 1 N–H and O–H groups in total. The van der Waals surface area contributed by atoms with Crippen LogP contribution in [0, 0.1) is 0 Å². The maximum absolute atomic E-state index is 13.2. The molecule has 1 atom stereocenters. The van der Waals surface area contributed by atoms with Gasteiger partial charge in [0.15, 0.2) is 11.5 Å². The van der Waals surface area contributed by atoms with Gasteiger partial charge in [-0.25, -0.2) is 0 Å². The van der Waals surface area contributed by atoms with Gasteiger partial charge in [-0.2, -0.15) is 0 Å². The zero-order valence-electron chi connectivity index (χ0n) is 21.0. The Balaban J connectivity index is 2.10. The SMILES string of the molecule is CCN(CC)CCCN1C(=O)C(=O)/C(=C(\O)c2cccc(OC)c2)C1c1ccc(OC)c(OC)c1. The lowest BCUT2D eigenvalue weighted by Gasteiger charge is -2.27. The summed E-state index contributed by atoms with van der Waals surface area (Å²) >= 11 is 0. The quantitative estimate of drug-likeness (QED) is 0.296. The smallest absolute Gasteiger partial charge is 0.295 e. The van der Waals surface area contributed by atoms with E-state index in [4.69, 9.17) is 14.2 Å². The number of hydrogen-bond donors (Lipinski definition) is 1. The molecule has 0 spiro atoms. The number of carbonyl (C=O) groups excluding carboxylic acids is 2. The number of rotatable bonds is 11. The molecular weight excluding hydrogens is 448 g/mol. The van der Waals surface area contributed by atoms with Gasteiger partial charge in [0.05, 0.1) is 32.9 Å². The third kappa shape index (κ3) is 5.43. The topological polar surface area (TPSA) is 88.5 Å². The predicted octanol–water partition coefficient (Wildman–Crippen LogP) is 3.87. The van der Waals surface area contributed by atoms with Gasteiger partial charge >= 0.3 is 0 Å². The number of aliphatic hydroxyl groups excluding tert-OH is 1. The van der Waals surface area contributed by atoms with E-state index in [9.17, 15) is 14.7 Å². The zero-order chi connectivity index (χ0) is 25.5. The minimum absolute atomic E-state index is 0.0401. The van der Waals surface area contributed by atoms with Crippen molar-refractivity contribution >= 4 is 17.4 Å². The first-order chi connectivity index (χ1) is 16.9. The minimum atomic E-state index is -0.766. The molecule has 0 aromatic heterocycles. The van der Waals surface area contributed by atoms with Crippen LogP contribution in [0.2, 0.25) is 0 Å². The number of Topliss-reactive ketones (excluding diaryl/α,β-unsaturated/α-hetero) is 1. The van der Waals surface area contributed by atoms with Crippen molar-refractivity contribution in [3.63, 3.8) is 0 Å². The monoisotopic (exact) mass is 482 g/mol. The molecule has 2 aromatic rings. The number of nitrogens with zero attached hydrogens (tertiary/aromatic N) is 2. The van der Waals surface area contributed by atoms with Crippen LogP contribution in [-0.2, 0) is 9.59 Å². The first kappa shape index (κ1) is 26.1. The fourth-order valence-electron chi connectivity index (χ4n) is 4.41. The second kappa shape index (κ2) is 11.8. The molecule has 0 bridgehead atoms. The number of benzene rings is 2. The summed E-state index contributed by atoms with van der Waals surface area (Å²) in [5.41, 5.74) is 1.09. The lowest BCUT2D eigenvalue weighted by atomic mass is 9.95. The van der Waals surface area contributed by atoms with Gasteiger partial charge < -0.3 is 29.1 Å². The molecule has 188 valence electrons. The Morgan fingerprint density at radius 1 is 0.971 bits per heavy atom. The fraction of sp³-hybridized carbons (Fsp3) is 0.407. The van der Waals surface area contributed by atoms with Crippen molar-refractivity contribution in [1.29, 1.82) is 0 Å². The molecule has 0 radical (unpaired) electrons. The van der Waals surface area contributed by atoms with Crippen LogP contribution in [-0.4, -0.2) is 74.1 Å². The van der Waals surface area contributed by atoms with E-state index >= 15 is 0 Å². The zero-order valence-corrected chi connectivity index (χ0v) is 21.0. The highest BCUT2D eigenvalue weighted by Gasteiger charge is 2.46. The van der Waals surface area contributed by atoms with E-state index in [1.54, 1.807) is 54.5 Å². The van der Waals surface area contributed by atoms with Crippen LogP contribution >= 0.6 is 0 Å². The highest BCUT2D eigenvalue weighted by Crippen LogP contribution is 2.42. The molecule has 1 heterocycles. The van der Waals surface area contributed by atoms with Gasteiger partial charge in [-0.05, 0) is 55.9 Å². The number of ketones is 1.